The van der Waals surface area contributed by atoms with Gasteiger partial charge >= 0.3 is 0 Å². The van der Waals surface area contributed by atoms with Crippen LogP contribution in [0, 0.1) is 11.8 Å². The number of carbonyl (C=O) groups is 2. The standard InChI is InChI=1S/C46H61NO12/c1-32(2)34-8-5-9-35(33(3)4)44(34)58-31-28-55-25-22-52-21-24-54-27-30-57-39-13-7-10-36-37(39)11-6-12-38(36)56-29-26-53-23-20-51-19-18-50-17-16-47-45(48)42-40-14-15-41(59-40)43(42)46(47)49/h5-15,32-33,40-43H,16-31H2,1-4H3. The first-order valence-corrected chi connectivity index (χ1v) is 21.0. The van der Waals surface area contributed by atoms with E-state index in [2.05, 4.69) is 45.9 Å². The lowest BCUT2D eigenvalue weighted by molar-refractivity contribution is -0.143. The molecular formula is C46H61NO12. The maximum atomic E-state index is 12.7. The first-order chi connectivity index (χ1) is 28.8. The summed E-state index contributed by atoms with van der Waals surface area (Å²) in [6.07, 6.45) is 3.22. The van der Waals surface area contributed by atoms with Crippen LogP contribution in [0.25, 0.3) is 10.8 Å². The van der Waals surface area contributed by atoms with Crippen molar-refractivity contribution in [3.8, 4) is 17.2 Å². The Kier molecular flexibility index (Phi) is 17.4. The molecule has 2 amide bonds. The molecule has 6 rings (SSSR count). The van der Waals surface area contributed by atoms with Gasteiger partial charge in [0, 0.05) is 10.8 Å². The van der Waals surface area contributed by atoms with Gasteiger partial charge in [0.25, 0.3) is 0 Å². The van der Waals surface area contributed by atoms with Gasteiger partial charge in [0.15, 0.2) is 0 Å². The van der Waals surface area contributed by atoms with Crippen LogP contribution in [0.4, 0.5) is 0 Å². The van der Waals surface area contributed by atoms with Crippen LogP contribution in [0.1, 0.15) is 50.7 Å². The van der Waals surface area contributed by atoms with Crippen molar-refractivity contribution in [1.82, 2.24) is 4.90 Å². The van der Waals surface area contributed by atoms with Crippen molar-refractivity contribution < 1.29 is 57.0 Å². The van der Waals surface area contributed by atoms with Crippen LogP contribution in [0.2, 0.25) is 0 Å². The number of nitrogens with zero attached hydrogens (tertiary/aromatic N) is 1. The largest absolute Gasteiger partial charge is 0.491 e. The molecule has 2 fully saturated rings. The fourth-order valence-corrected chi connectivity index (χ4v) is 7.60. The average molecular weight is 820 g/mol. The van der Waals surface area contributed by atoms with Crippen LogP contribution in [-0.4, -0.2) is 135 Å². The van der Waals surface area contributed by atoms with Crippen LogP contribution >= 0.6 is 0 Å². The number of amides is 2. The fourth-order valence-electron chi connectivity index (χ4n) is 7.60. The number of benzene rings is 3. The molecule has 0 aromatic heterocycles. The maximum absolute atomic E-state index is 12.7. The summed E-state index contributed by atoms with van der Waals surface area (Å²) in [4.78, 5) is 26.7. The predicted octanol–water partition coefficient (Wildman–Crippen LogP) is 5.96. The Bertz CT molecular complexity index is 1760. The Morgan fingerprint density at radius 1 is 0.492 bits per heavy atom. The van der Waals surface area contributed by atoms with Gasteiger partial charge in [-0.1, -0.05) is 82.3 Å². The Hall–Kier alpha value is -4.08. The maximum Gasteiger partial charge on any atom is 0.236 e. The molecule has 59 heavy (non-hydrogen) atoms. The predicted molar refractivity (Wildman–Crippen MR) is 221 cm³/mol. The molecule has 0 spiro atoms. The van der Waals surface area contributed by atoms with Crippen LogP contribution in [0.15, 0.2) is 66.7 Å². The van der Waals surface area contributed by atoms with Gasteiger partial charge in [-0.2, -0.15) is 0 Å². The van der Waals surface area contributed by atoms with E-state index in [4.69, 9.17) is 47.4 Å². The van der Waals surface area contributed by atoms with Crippen molar-refractivity contribution in [3.63, 3.8) is 0 Å². The van der Waals surface area contributed by atoms with Gasteiger partial charge in [0.2, 0.25) is 11.8 Å². The Morgan fingerprint density at radius 3 is 1.29 bits per heavy atom. The van der Waals surface area contributed by atoms with Crippen LogP contribution < -0.4 is 14.2 Å². The van der Waals surface area contributed by atoms with E-state index in [1.54, 1.807) is 0 Å². The van der Waals surface area contributed by atoms with E-state index < -0.39 is 0 Å². The third kappa shape index (κ3) is 12.0. The molecule has 0 radical (unpaired) electrons. The summed E-state index contributed by atoms with van der Waals surface area (Å²) in [6, 6.07) is 18.2. The van der Waals surface area contributed by atoms with Crippen molar-refractivity contribution in [3.05, 3.63) is 77.9 Å². The molecule has 3 aliphatic heterocycles. The molecule has 3 heterocycles. The minimum absolute atomic E-state index is 0.159. The zero-order valence-electron chi connectivity index (χ0n) is 35.0. The van der Waals surface area contributed by atoms with Gasteiger partial charge in [-0.3, -0.25) is 14.5 Å². The molecule has 0 saturated carbocycles. The normalized spacial score (nSPS) is 19.5. The summed E-state index contributed by atoms with van der Waals surface area (Å²) < 4.78 is 57.9. The van der Waals surface area contributed by atoms with E-state index in [1.165, 1.54) is 16.0 Å². The molecule has 2 saturated heterocycles. The van der Waals surface area contributed by atoms with E-state index in [9.17, 15) is 9.59 Å². The topological polar surface area (TPSA) is 130 Å². The molecule has 4 atom stereocenters. The van der Waals surface area contributed by atoms with E-state index >= 15 is 0 Å². The van der Waals surface area contributed by atoms with E-state index in [0.29, 0.717) is 104 Å². The Labute approximate surface area is 348 Å². The first-order valence-electron chi connectivity index (χ1n) is 21.0. The number of fused-ring (bicyclic) bond motifs is 6. The van der Waals surface area contributed by atoms with Crippen molar-refractivity contribution >= 4 is 22.6 Å². The lowest BCUT2D eigenvalue weighted by atomic mass is 9.85. The van der Waals surface area contributed by atoms with E-state index in [-0.39, 0.29) is 49.0 Å². The van der Waals surface area contributed by atoms with Crippen LogP contribution in [0.5, 0.6) is 17.2 Å². The second-order valence-electron chi connectivity index (χ2n) is 15.2. The van der Waals surface area contributed by atoms with Gasteiger partial charge in [0.1, 0.15) is 37.1 Å². The molecule has 0 N–H and O–H groups in total. The molecule has 13 heteroatoms. The summed E-state index contributed by atoms with van der Waals surface area (Å²) in [5.41, 5.74) is 2.46. The Balaban J connectivity index is 0.747. The third-order valence-electron chi connectivity index (χ3n) is 10.6. The number of ether oxygens (including phenoxy) is 10. The zero-order chi connectivity index (χ0) is 41.4. The summed E-state index contributed by atoms with van der Waals surface area (Å²) in [5, 5.41) is 1.91. The summed E-state index contributed by atoms with van der Waals surface area (Å²) in [7, 11) is 0. The highest BCUT2D eigenvalue weighted by atomic mass is 16.6. The number of likely N-dealkylation sites (tertiary alicyclic amines) is 1. The van der Waals surface area contributed by atoms with Crippen molar-refractivity contribution in [1.29, 1.82) is 0 Å². The van der Waals surface area contributed by atoms with Gasteiger partial charge < -0.3 is 47.4 Å². The van der Waals surface area contributed by atoms with E-state index in [1.807, 2.05) is 48.6 Å². The van der Waals surface area contributed by atoms with Gasteiger partial charge in [0.05, 0.1) is 110 Å². The van der Waals surface area contributed by atoms with Crippen molar-refractivity contribution in [2.24, 2.45) is 11.8 Å². The average Bonchev–Trinajstić information content (AvgIpc) is 3.93. The van der Waals surface area contributed by atoms with Crippen LogP contribution in [0.3, 0.4) is 0 Å². The third-order valence-corrected chi connectivity index (χ3v) is 10.6. The highest BCUT2D eigenvalue weighted by Gasteiger charge is 2.60. The molecule has 13 nitrogen and oxygen atoms in total. The quantitative estimate of drug-likeness (QED) is 0.0466. The lowest BCUT2D eigenvalue weighted by Gasteiger charge is -2.20. The van der Waals surface area contributed by atoms with E-state index in [0.717, 1.165) is 28.0 Å². The first kappa shape index (κ1) is 44.5. The Morgan fingerprint density at radius 2 is 0.864 bits per heavy atom. The minimum Gasteiger partial charge on any atom is -0.491 e. The number of carbonyl (C=O) groups excluding carboxylic acids is 2. The summed E-state index contributed by atoms with van der Waals surface area (Å²) >= 11 is 0. The SMILES string of the molecule is CC(C)c1cccc(C(C)C)c1OCCOCCOCCOCCOc1cccc2c(OCCOCCOCCOCCN3C(=O)C4C5C=CC(O5)C4C3=O)cccc12. The van der Waals surface area contributed by atoms with Crippen molar-refractivity contribution in [2.75, 3.05) is 106 Å². The second-order valence-corrected chi connectivity index (χ2v) is 15.2. The molecule has 322 valence electrons. The second kappa shape index (κ2) is 23.1. The van der Waals surface area contributed by atoms with Crippen LogP contribution in [-0.2, 0) is 42.7 Å². The number of hydrogen-bond acceptors (Lipinski definition) is 12. The number of hydrogen-bond donors (Lipinski definition) is 0. The monoisotopic (exact) mass is 819 g/mol. The molecule has 2 bridgehead atoms. The van der Waals surface area contributed by atoms with Gasteiger partial charge in [-0.05, 0) is 35.1 Å². The number of rotatable bonds is 29. The smallest absolute Gasteiger partial charge is 0.236 e. The number of imide groups is 1. The lowest BCUT2D eigenvalue weighted by Crippen LogP contribution is -2.37. The molecule has 4 unspecified atom stereocenters. The van der Waals surface area contributed by atoms with Gasteiger partial charge in [-0.25, -0.2) is 0 Å². The number of para-hydroxylation sites is 1. The molecule has 3 aromatic rings. The molecule has 0 aliphatic carbocycles. The summed E-state index contributed by atoms with van der Waals surface area (Å²) in [5.74, 6) is 2.21. The highest BCUT2D eigenvalue weighted by molar-refractivity contribution is 6.06. The fraction of sp³-hybridized carbons (Fsp3) is 0.565. The molecule has 3 aliphatic rings. The molecule has 3 aromatic carbocycles. The summed E-state index contributed by atoms with van der Waals surface area (Å²) in [6.45, 7) is 15.4. The zero-order valence-corrected chi connectivity index (χ0v) is 35.0. The minimum atomic E-state index is -0.381. The van der Waals surface area contributed by atoms with Gasteiger partial charge in [-0.15, -0.1) is 0 Å². The highest BCUT2D eigenvalue weighted by Crippen LogP contribution is 2.45. The van der Waals surface area contributed by atoms with Crippen molar-refractivity contribution in [2.45, 2.75) is 51.7 Å². The molecular weight excluding hydrogens is 759 g/mol.